The molecule has 0 radical (unpaired) electrons. The number of carboxylic acid groups (broad SMARTS) is 1. The molecule has 0 unspecified atom stereocenters. The summed E-state index contributed by atoms with van der Waals surface area (Å²) in [5.41, 5.74) is 0. The first-order valence-electron chi connectivity index (χ1n) is 0.471. The van der Waals surface area contributed by atoms with E-state index < -0.39 is 6.47 Å². The van der Waals surface area contributed by atoms with Crippen molar-refractivity contribution in [2.24, 2.45) is 0 Å². The summed E-state index contributed by atoms with van der Waals surface area (Å²) in [6, 6.07) is 0. The summed E-state index contributed by atoms with van der Waals surface area (Å²) in [5.74, 6) is 0. The van der Waals surface area contributed by atoms with Crippen molar-refractivity contribution in [3.63, 3.8) is 0 Å². The molecule has 0 rings (SSSR count). The van der Waals surface area contributed by atoms with Gasteiger partial charge in [0.15, 0.2) is 0 Å². The maximum Gasteiger partial charge on any atom is 2.00 e. The van der Waals surface area contributed by atoms with Crippen LogP contribution in [0.5, 0.6) is 0 Å². The number of hydrogen-bond donors (Lipinski definition) is 0. The predicted octanol–water partition coefficient (Wildman–Crippen LogP) is -13.3. The van der Waals surface area contributed by atoms with E-state index in [9.17, 15) is 0 Å². The van der Waals surface area contributed by atoms with Gasteiger partial charge >= 0.3 is 90.3 Å². The number of carbonyl (C=O) groups is 1. The van der Waals surface area contributed by atoms with Crippen LogP contribution in [0.3, 0.4) is 0 Å². The topological polar surface area (TPSA) is 229 Å². The molecule has 0 aliphatic rings. The zero-order valence-electron chi connectivity index (χ0n) is 7.19. The maximum atomic E-state index is 8.25. The van der Waals surface area contributed by atoms with Gasteiger partial charge in [-0.2, -0.15) is 0 Å². The van der Waals surface area contributed by atoms with Crippen LogP contribution in [0.2, 0.25) is 0 Å². The Bertz CT molecular complexity index is 31.6. The zero-order valence-corrected chi connectivity index (χ0v) is 13.6. The Balaban J connectivity index is -0.000000000444. The smallest absolute Gasteiger partial charge is 1.00 e. The van der Waals surface area contributed by atoms with Crippen molar-refractivity contribution in [1.82, 2.24) is 0 Å². The molecule has 0 aliphatic heterocycles. The van der Waals surface area contributed by atoms with Crippen LogP contribution in [0.15, 0.2) is 0 Å². The number of hydrogen-bond acceptors (Lipinski definition) is 2. The van der Waals surface area contributed by atoms with E-state index in [0.717, 1.165) is 0 Å². The monoisotopic (exact) mass is 275 g/mol. The van der Waals surface area contributed by atoms with Crippen molar-refractivity contribution in [1.29, 1.82) is 0 Å². The second-order valence-electron chi connectivity index (χ2n) is 0.0962. The van der Waals surface area contributed by atoms with Crippen LogP contribution in [-0.2, 0) is 4.79 Å². The van der Waals surface area contributed by atoms with Crippen LogP contribution >= 0.6 is 0 Å². The van der Waals surface area contributed by atoms with Crippen molar-refractivity contribution in [2.75, 3.05) is 0 Å². The van der Waals surface area contributed by atoms with Crippen molar-refractivity contribution in [2.45, 2.75) is 0 Å². The van der Waals surface area contributed by atoms with Crippen LogP contribution in [0, 0.1) is 0 Å². The summed E-state index contributed by atoms with van der Waals surface area (Å²) < 4.78 is 0. The predicted molar refractivity (Wildman–Crippen MR) is 39.3 cm³/mol. The molecule has 0 spiro atoms. The Morgan fingerprint density at radius 1 is 0.846 bits per heavy atom. The third-order valence-corrected chi connectivity index (χ3v) is 0. The molecule has 0 saturated heterocycles. The Kier molecular flexibility index (Phi) is 2600. The molecule has 12 heteroatoms. The van der Waals surface area contributed by atoms with Crippen molar-refractivity contribution in [3.05, 3.63) is 0 Å². The minimum atomic E-state index is -0.500. The molecule has 0 heterocycles. The van der Waals surface area contributed by atoms with Crippen molar-refractivity contribution < 1.29 is 84.7 Å². The van der Waals surface area contributed by atoms with Crippen LogP contribution < -0.4 is 47.1 Å². The van der Waals surface area contributed by atoms with Gasteiger partial charge in [-0.05, 0) is 0 Å². The van der Waals surface area contributed by atoms with E-state index in [4.69, 9.17) is 9.90 Å². The van der Waals surface area contributed by atoms with Crippen molar-refractivity contribution >= 4 is 67.3 Å². The van der Waals surface area contributed by atoms with Gasteiger partial charge in [0.1, 0.15) is 0 Å². The van der Waals surface area contributed by atoms with Gasteiger partial charge in [-0.1, -0.05) is 0 Å². The van der Waals surface area contributed by atoms with E-state index in [2.05, 4.69) is 0 Å². The first-order chi connectivity index (χ1) is 1.41. The van der Waals surface area contributed by atoms with Gasteiger partial charge < -0.3 is 55.2 Å². The Hall–Kier alpha value is 2.55. The van der Waals surface area contributed by atoms with Crippen molar-refractivity contribution in [3.8, 4) is 0 Å². The SMILES string of the molecule is O.O.O.O.O.O.O=C[O-].[Ca+2].[Cl-].[Mg+2].[Na+]. The minimum Gasteiger partial charge on any atom is -1.00 e. The third-order valence-electron chi connectivity index (χ3n) is 0. The average Bonchev–Trinajstić information content (AvgIpc) is 0.918. The Morgan fingerprint density at radius 3 is 0.846 bits per heavy atom. The average molecular weight is 276 g/mol. The molecule has 13 heavy (non-hydrogen) atoms. The Labute approximate surface area is 150 Å². The van der Waals surface area contributed by atoms with Gasteiger partial charge in [0.25, 0.3) is 0 Å². The van der Waals surface area contributed by atoms with E-state index in [1.165, 1.54) is 0 Å². The second kappa shape index (κ2) is 212. The maximum absolute atomic E-state index is 8.25. The fourth-order valence-corrected chi connectivity index (χ4v) is 0. The molecule has 0 aromatic rings. The fraction of sp³-hybridized carbons (Fsp3) is 0. The molecule has 0 atom stereocenters. The molecule has 0 amide bonds. The molecule has 0 bridgehead atoms. The molecule has 0 saturated carbocycles. The third kappa shape index (κ3) is 353. The molecule has 12 N–H and O–H groups in total. The van der Waals surface area contributed by atoms with E-state index >= 15 is 0 Å². The number of halogens is 1. The van der Waals surface area contributed by atoms with Gasteiger partial charge in [0.2, 0.25) is 0 Å². The largest absolute Gasteiger partial charge is 2.00 e. The summed E-state index contributed by atoms with van der Waals surface area (Å²) in [6.07, 6.45) is 0. The van der Waals surface area contributed by atoms with E-state index in [1.54, 1.807) is 0 Å². The first kappa shape index (κ1) is 159. The molecule has 0 aromatic heterocycles. The molecular formula is CH13CaClMgNaO8+3. The quantitative estimate of drug-likeness (QED) is 0.309. The molecule has 0 aromatic carbocycles. The summed E-state index contributed by atoms with van der Waals surface area (Å²) >= 11 is 0. The molecular weight excluding hydrogens is 263 g/mol. The van der Waals surface area contributed by atoms with Crippen LogP contribution in [0.1, 0.15) is 0 Å². The van der Waals surface area contributed by atoms with Crippen LogP contribution in [-0.4, -0.2) is 100 Å². The molecule has 0 aliphatic carbocycles. The van der Waals surface area contributed by atoms with Crippen LogP contribution in [0.25, 0.3) is 0 Å². The molecule has 0 fully saturated rings. The molecule has 74 valence electrons. The van der Waals surface area contributed by atoms with E-state index in [1.807, 2.05) is 0 Å². The standard InChI is InChI=1S/CH2O2.Ca.ClH.Mg.Na.6H2O/c2-1-3;;;;;;;;;;/h1H,(H,2,3);;1H;;;6*1H2/q;+2;;+2;+1;;;;;;/p-2. The summed E-state index contributed by atoms with van der Waals surface area (Å²) in [4.78, 5) is 8.25. The minimum absolute atomic E-state index is 0. The van der Waals surface area contributed by atoms with Gasteiger partial charge in [0, 0.05) is 6.47 Å². The van der Waals surface area contributed by atoms with Gasteiger partial charge in [-0.25, -0.2) is 0 Å². The summed E-state index contributed by atoms with van der Waals surface area (Å²) in [6.45, 7) is -0.500. The second-order valence-corrected chi connectivity index (χ2v) is 0.0962. The summed E-state index contributed by atoms with van der Waals surface area (Å²) in [5, 5.41) is 8.25. The van der Waals surface area contributed by atoms with Gasteiger partial charge in [0.05, 0.1) is 0 Å². The first-order valence-corrected chi connectivity index (χ1v) is 0.471. The Morgan fingerprint density at radius 2 is 0.846 bits per heavy atom. The van der Waals surface area contributed by atoms with E-state index in [-0.39, 0.29) is 136 Å². The zero-order chi connectivity index (χ0) is 2.71. The molecule has 8 nitrogen and oxygen atoms in total. The number of rotatable bonds is 0. The van der Waals surface area contributed by atoms with Crippen LogP contribution in [0.4, 0.5) is 0 Å². The number of carbonyl (C=O) groups excluding carboxylic acids is 1. The van der Waals surface area contributed by atoms with Gasteiger partial charge in [-0.3, -0.25) is 0 Å². The normalized spacial score (nSPS) is 0.923. The fourth-order valence-electron chi connectivity index (χ4n) is 0. The summed E-state index contributed by atoms with van der Waals surface area (Å²) in [7, 11) is 0. The van der Waals surface area contributed by atoms with E-state index in [0.29, 0.717) is 0 Å². The van der Waals surface area contributed by atoms with Gasteiger partial charge in [-0.15, -0.1) is 0 Å².